The topological polar surface area (TPSA) is 42.2 Å². The van der Waals surface area contributed by atoms with Gasteiger partial charge < -0.3 is 0 Å². The molecule has 120 valence electrons. The van der Waals surface area contributed by atoms with Crippen LogP contribution in [0.25, 0.3) is 5.65 Å². The summed E-state index contributed by atoms with van der Waals surface area (Å²) in [5, 5.41) is 3.97. The smallest absolute Gasteiger partial charge is 0.244 e. The van der Waals surface area contributed by atoms with E-state index in [1.165, 1.54) is 10.7 Å². The van der Waals surface area contributed by atoms with Gasteiger partial charge in [-0.2, -0.15) is 18.3 Å². The van der Waals surface area contributed by atoms with Gasteiger partial charge in [0, 0.05) is 18.5 Å². The first-order chi connectivity index (χ1) is 10.9. The van der Waals surface area contributed by atoms with E-state index in [4.69, 9.17) is 0 Å². The summed E-state index contributed by atoms with van der Waals surface area (Å²) in [5.74, 6) is -0.587. The first kappa shape index (κ1) is 15.8. The quantitative estimate of drug-likeness (QED) is 0.579. The molecule has 1 N–H and O–H groups in total. The predicted molar refractivity (Wildman–Crippen MR) is 77.2 cm³/mol. The molecule has 23 heavy (non-hydrogen) atoms. The van der Waals surface area contributed by atoms with Crippen LogP contribution >= 0.6 is 11.9 Å². The molecule has 0 saturated carbocycles. The lowest BCUT2D eigenvalue weighted by molar-refractivity contribution is -0.152. The van der Waals surface area contributed by atoms with Gasteiger partial charge in [0.15, 0.2) is 5.65 Å². The number of aromatic nitrogens is 3. The highest BCUT2D eigenvalue weighted by Gasteiger charge is 2.40. The zero-order valence-electron chi connectivity index (χ0n) is 11.5. The number of nitrogens with one attached hydrogen (secondary N) is 1. The molecular formula is C14H10F4N4S. The summed E-state index contributed by atoms with van der Waals surface area (Å²) in [6.45, 7) is 0. The van der Waals surface area contributed by atoms with Crippen LogP contribution in [0.4, 0.5) is 17.6 Å². The maximum atomic E-state index is 13.2. The normalized spacial score (nSPS) is 13.4. The Morgan fingerprint density at radius 3 is 2.57 bits per heavy atom. The summed E-state index contributed by atoms with van der Waals surface area (Å²) in [6, 6.07) is 3.96. The van der Waals surface area contributed by atoms with Crippen molar-refractivity contribution < 1.29 is 17.6 Å². The molecule has 0 spiro atoms. The van der Waals surface area contributed by atoms with E-state index in [0.717, 1.165) is 36.2 Å². The molecule has 2 aromatic heterocycles. The highest BCUT2D eigenvalue weighted by molar-refractivity contribution is 7.97. The van der Waals surface area contributed by atoms with Crippen LogP contribution in [0.2, 0.25) is 0 Å². The van der Waals surface area contributed by atoms with Crippen LogP contribution in [-0.4, -0.2) is 20.8 Å². The molecule has 0 radical (unpaired) electrons. The first-order valence-corrected chi connectivity index (χ1v) is 7.29. The Bertz CT molecular complexity index is 800. The van der Waals surface area contributed by atoms with Crippen molar-refractivity contribution in [2.75, 3.05) is 0 Å². The maximum absolute atomic E-state index is 13.2. The molecule has 1 aromatic carbocycles. The summed E-state index contributed by atoms with van der Waals surface area (Å²) in [4.78, 5) is 4.54. The molecule has 1 atom stereocenters. The maximum Gasteiger partial charge on any atom is 0.408 e. The van der Waals surface area contributed by atoms with Crippen LogP contribution in [0.15, 0.2) is 53.8 Å². The van der Waals surface area contributed by atoms with Crippen molar-refractivity contribution in [3.63, 3.8) is 0 Å². The molecule has 0 saturated heterocycles. The second-order valence-electron chi connectivity index (χ2n) is 4.67. The van der Waals surface area contributed by atoms with Gasteiger partial charge in [0.1, 0.15) is 11.9 Å². The van der Waals surface area contributed by atoms with Crippen molar-refractivity contribution in [1.29, 1.82) is 0 Å². The minimum Gasteiger partial charge on any atom is -0.244 e. The van der Waals surface area contributed by atoms with Crippen LogP contribution < -0.4 is 4.72 Å². The molecule has 0 aliphatic carbocycles. The fraction of sp³-hybridized carbons (Fsp3) is 0.143. The van der Waals surface area contributed by atoms with E-state index in [1.807, 2.05) is 0 Å². The third kappa shape index (κ3) is 3.62. The Morgan fingerprint density at radius 1 is 1.13 bits per heavy atom. The number of benzene rings is 1. The molecule has 3 rings (SSSR count). The minimum atomic E-state index is -4.52. The van der Waals surface area contributed by atoms with Gasteiger partial charge in [-0.15, -0.1) is 0 Å². The average molecular weight is 342 g/mol. The van der Waals surface area contributed by atoms with Crippen molar-refractivity contribution in [2.45, 2.75) is 17.1 Å². The molecule has 0 fully saturated rings. The van der Waals surface area contributed by atoms with Crippen molar-refractivity contribution in [2.24, 2.45) is 0 Å². The van der Waals surface area contributed by atoms with Crippen molar-refractivity contribution in [3.05, 3.63) is 60.3 Å². The van der Waals surface area contributed by atoms with E-state index in [9.17, 15) is 17.6 Å². The lowest BCUT2D eigenvalue weighted by Gasteiger charge is -2.21. The highest BCUT2D eigenvalue weighted by atomic mass is 32.2. The highest BCUT2D eigenvalue weighted by Crippen LogP contribution is 2.35. The van der Waals surface area contributed by atoms with Gasteiger partial charge in [-0.05, 0) is 29.6 Å². The van der Waals surface area contributed by atoms with E-state index in [-0.39, 0.29) is 5.56 Å². The van der Waals surface area contributed by atoms with E-state index in [2.05, 4.69) is 14.8 Å². The van der Waals surface area contributed by atoms with Gasteiger partial charge in [0.2, 0.25) is 0 Å². The minimum absolute atomic E-state index is 0.0699. The molecule has 0 unspecified atom stereocenters. The van der Waals surface area contributed by atoms with Crippen molar-refractivity contribution in [3.8, 4) is 0 Å². The molecule has 2 heterocycles. The molecule has 0 aliphatic heterocycles. The fourth-order valence-corrected chi connectivity index (χ4v) is 2.73. The Hall–Kier alpha value is -2.13. The number of fused-ring (bicyclic) bond motifs is 1. The predicted octanol–water partition coefficient (Wildman–Crippen LogP) is 3.77. The zero-order valence-corrected chi connectivity index (χ0v) is 12.3. The second-order valence-corrected chi connectivity index (χ2v) is 5.58. The molecule has 9 heteroatoms. The summed E-state index contributed by atoms with van der Waals surface area (Å²) in [5.41, 5.74) is 0.528. The number of nitrogens with zero attached hydrogens (tertiary/aromatic N) is 3. The van der Waals surface area contributed by atoms with Crippen LogP contribution in [0, 0.1) is 5.82 Å². The van der Waals surface area contributed by atoms with Gasteiger partial charge in [0.05, 0.1) is 11.1 Å². The number of halogens is 4. The molecule has 0 bridgehead atoms. The number of rotatable bonds is 4. The van der Waals surface area contributed by atoms with Crippen molar-refractivity contribution in [1.82, 2.24) is 19.3 Å². The van der Waals surface area contributed by atoms with E-state index >= 15 is 0 Å². The Kier molecular flexibility index (Phi) is 4.22. The van der Waals surface area contributed by atoms with Crippen molar-refractivity contribution >= 4 is 17.6 Å². The largest absolute Gasteiger partial charge is 0.408 e. The number of alkyl halides is 3. The van der Waals surface area contributed by atoms with E-state index < -0.39 is 18.0 Å². The molecule has 4 nitrogen and oxygen atoms in total. The van der Waals surface area contributed by atoms with Crippen LogP contribution in [0.3, 0.4) is 0 Å². The number of hydrogen-bond donors (Lipinski definition) is 1. The average Bonchev–Trinajstić information content (AvgIpc) is 2.95. The SMILES string of the molecule is Fc1ccc([C@@H](NSc2cnc3ccnn3c2)C(F)(F)F)cc1. The van der Waals surface area contributed by atoms with Gasteiger partial charge in [0.25, 0.3) is 0 Å². The van der Waals surface area contributed by atoms with Crippen LogP contribution in [0.1, 0.15) is 11.6 Å². The standard InChI is InChI=1S/C14H10F4N4S/c15-10-3-1-9(2-4-10)13(14(16,17)18)21-23-11-7-19-12-5-6-20-22(12)8-11/h1-8,13,21H/t13-/m1/s1. The fourth-order valence-electron chi connectivity index (χ4n) is 1.95. The van der Waals surface area contributed by atoms with Gasteiger partial charge in [-0.3, -0.25) is 0 Å². The Morgan fingerprint density at radius 2 is 1.87 bits per heavy atom. The zero-order chi connectivity index (χ0) is 16.4. The summed E-state index contributed by atoms with van der Waals surface area (Å²) in [6.07, 6.45) is 0.0418. The molecular weight excluding hydrogens is 332 g/mol. The third-order valence-electron chi connectivity index (χ3n) is 3.05. The van der Waals surface area contributed by atoms with Gasteiger partial charge in [-0.25, -0.2) is 18.6 Å². The molecule has 0 amide bonds. The second kappa shape index (κ2) is 6.17. The lowest BCUT2D eigenvalue weighted by Crippen LogP contribution is -2.30. The lowest BCUT2D eigenvalue weighted by atomic mass is 10.1. The molecule has 0 aliphatic rings. The summed E-state index contributed by atoms with van der Waals surface area (Å²) >= 11 is 0.786. The Labute approximate surface area is 132 Å². The summed E-state index contributed by atoms with van der Waals surface area (Å²) in [7, 11) is 0. The van der Waals surface area contributed by atoms with Gasteiger partial charge >= 0.3 is 6.18 Å². The van der Waals surface area contributed by atoms with E-state index in [1.54, 1.807) is 18.5 Å². The Balaban J connectivity index is 1.79. The van der Waals surface area contributed by atoms with E-state index in [0.29, 0.717) is 10.5 Å². The third-order valence-corrected chi connectivity index (χ3v) is 3.85. The van der Waals surface area contributed by atoms with Crippen LogP contribution in [-0.2, 0) is 0 Å². The first-order valence-electron chi connectivity index (χ1n) is 6.47. The van der Waals surface area contributed by atoms with Gasteiger partial charge in [-0.1, -0.05) is 12.1 Å². The molecule has 3 aromatic rings. The summed E-state index contributed by atoms with van der Waals surface area (Å²) < 4.78 is 56.3. The monoisotopic (exact) mass is 342 g/mol. The van der Waals surface area contributed by atoms with Crippen LogP contribution in [0.5, 0.6) is 0 Å². The number of hydrogen-bond acceptors (Lipinski definition) is 4.